The Hall–Kier alpha value is -2.64. The van der Waals surface area contributed by atoms with Crippen molar-refractivity contribution in [1.29, 1.82) is 0 Å². The number of amides is 1. The molecule has 1 aromatic carbocycles. The van der Waals surface area contributed by atoms with Crippen LogP contribution in [0.25, 0.3) is 0 Å². The van der Waals surface area contributed by atoms with E-state index < -0.39 is 0 Å². The average Bonchev–Trinajstić information content (AvgIpc) is 3.07. The van der Waals surface area contributed by atoms with Gasteiger partial charge in [-0.05, 0) is 55.7 Å². The maximum absolute atomic E-state index is 13.0. The van der Waals surface area contributed by atoms with Crippen LogP contribution in [-0.2, 0) is 4.79 Å². The molecule has 1 amide bonds. The topological polar surface area (TPSA) is 60.9 Å². The molecule has 0 spiro atoms. The predicted molar refractivity (Wildman–Crippen MR) is 122 cm³/mol. The van der Waals surface area contributed by atoms with Crippen LogP contribution in [0.1, 0.15) is 30.4 Å². The average molecular weight is 424 g/mol. The van der Waals surface area contributed by atoms with Crippen LogP contribution in [0.5, 0.6) is 5.75 Å². The van der Waals surface area contributed by atoms with E-state index >= 15 is 0 Å². The Morgan fingerprint density at radius 1 is 1.10 bits per heavy atom. The second-order valence-corrected chi connectivity index (χ2v) is 8.53. The lowest BCUT2D eigenvalue weighted by Gasteiger charge is -2.35. The summed E-state index contributed by atoms with van der Waals surface area (Å²) < 4.78 is 5.23. The number of carbonyl (C=O) groups is 1. The largest absolute Gasteiger partial charge is 0.497 e. The zero-order valence-electron chi connectivity index (χ0n) is 18.8. The van der Waals surface area contributed by atoms with Crippen molar-refractivity contribution >= 4 is 11.7 Å². The molecule has 2 saturated heterocycles. The first-order valence-corrected chi connectivity index (χ1v) is 11.2. The Balaban J connectivity index is 1.23. The summed E-state index contributed by atoms with van der Waals surface area (Å²) in [6.07, 6.45) is 2.85. The summed E-state index contributed by atoms with van der Waals surface area (Å²) >= 11 is 0. The highest BCUT2D eigenvalue weighted by Gasteiger charge is 2.38. The van der Waals surface area contributed by atoms with Crippen LogP contribution in [0.2, 0.25) is 0 Å². The van der Waals surface area contributed by atoms with E-state index in [9.17, 15) is 4.79 Å². The Kier molecular flexibility index (Phi) is 6.73. The SMILES string of the molecule is COc1ccc(C2C(=O)N(CCCN3CCN(c4cc(C)ccn4)CC3)NC2C)cc1. The van der Waals surface area contributed by atoms with Crippen LogP contribution in [-0.4, -0.2) is 73.2 Å². The van der Waals surface area contributed by atoms with E-state index in [4.69, 9.17) is 4.74 Å². The minimum Gasteiger partial charge on any atom is -0.497 e. The predicted octanol–water partition coefficient (Wildman–Crippen LogP) is 2.43. The molecular formula is C24H33N5O2. The number of aryl methyl sites for hydroxylation is 1. The maximum Gasteiger partial charge on any atom is 0.245 e. The monoisotopic (exact) mass is 423 g/mol. The molecule has 7 heteroatoms. The van der Waals surface area contributed by atoms with E-state index in [0.29, 0.717) is 0 Å². The van der Waals surface area contributed by atoms with Crippen molar-refractivity contribution in [3.05, 3.63) is 53.7 Å². The van der Waals surface area contributed by atoms with Gasteiger partial charge < -0.3 is 9.64 Å². The van der Waals surface area contributed by atoms with Crippen LogP contribution < -0.4 is 15.1 Å². The minimum absolute atomic E-state index is 0.0891. The van der Waals surface area contributed by atoms with Gasteiger partial charge in [-0.1, -0.05) is 12.1 Å². The maximum atomic E-state index is 13.0. The third kappa shape index (κ3) is 4.99. The molecule has 0 bridgehead atoms. The van der Waals surface area contributed by atoms with Crippen LogP contribution in [0.3, 0.4) is 0 Å². The van der Waals surface area contributed by atoms with Crippen LogP contribution in [0, 0.1) is 6.92 Å². The molecule has 31 heavy (non-hydrogen) atoms. The van der Waals surface area contributed by atoms with E-state index in [2.05, 4.69) is 40.1 Å². The van der Waals surface area contributed by atoms with Gasteiger partial charge in [0.25, 0.3) is 0 Å². The number of benzene rings is 1. The molecule has 2 aromatic rings. The molecule has 2 fully saturated rings. The summed E-state index contributed by atoms with van der Waals surface area (Å²) in [4.78, 5) is 22.3. The number of hydrazine groups is 1. The molecule has 2 atom stereocenters. The fourth-order valence-corrected chi connectivity index (χ4v) is 4.53. The Bertz CT molecular complexity index is 880. The van der Waals surface area contributed by atoms with Crippen LogP contribution >= 0.6 is 0 Å². The van der Waals surface area contributed by atoms with Gasteiger partial charge in [-0.25, -0.2) is 10.4 Å². The molecule has 1 aromatic heterocycles. The van der Waals surface area contributed by atoms with Gasteiger partial charge in [0.1, 0.15) is 11.6 Å². The van der Waals surface area contributed by atoms with Crippen molar-refractivity contribution in [3.63, 3.8) is 0 Å². The lowest BCUT2D eigenvalue weighted by atomic mass is 9.93. The van der Waals surface area contributed by atoms with Gasteiger partial charge in [0.05, 0.1) is 13.0 Å². The number of pyridine rings is 1. The number of hydrogen-bond donors (Lipinski definition) is 1. The second kappa shape index (κ2) is 9.66. The van der Waals surface area contributed by atoms with E-state index in [0.717, 1.165) is 62.8 Å². The number of ether oxygens (including phenoxy) is 1. The van der Waals surface area contributed by atoms with Crippen molar-refractivity contribution in [1.82, 2.24) is 20.3 Å². The van der Waals surface area contributed by atoms with Crippen molar-refractivity contribution < 1.29 is 9.53 Å². The fourth-order valence-electron chi connectivity index (χ4n) is 4.53. The third-order valence-electron chi connectivity index (χ3n) is 6.32. The lowest BCUT2D eigenvalue weighted by Crippen LogP contribution is -2.47. The third-order valence-corrected chi connectivity index (χ3v) is 6.32. The molecule has 0 saturated carbocycles. The zero-order valence-corrected chi connectivity index (χ0v) is 18.8. The quantitative estimate of drug-likeness (QED) is 0.738. The van der Waals surface area contributed by atoms with E-state index in [-0.39, 0.29) is 17.9 Å². The summed E-state index contributed by atoms with van der Waals surface area (Å²) in [6, 6.07) is 12.1. The van der Waals surface area contributed by atoms with E-state index in [1.807, 2.05) is 41.5 Å². The van der Waals surface area contributed by atoms with Gasteiger partial charge in [-0.2, -0.15) is 0 Å². The van der Waals surface area contributed by atoms with Gasteiger partial charge in [-0.15, -0.1) is 0 Å². The number of rotatable bonds is 7. The molecule has 2 aliphatic heterocycles. The molecule has 7 nitrogen and oxygen atoms in total. The molecule has 0 radical (unpaired) electrons. The smallest absolute Gasteiger partial charge is 0.245 e. The summed E-state index contributed by atoms with van der Waals surface area (Å²) in [5.41, 5.74) is 5.65. The second-order valence-electron chi connectivity index (χ2n) is 8.53. The highest BCUT2D eigenvalue weighted by atomic mass is 16.5. The van der Waals surface area contributed by atoms with Crippen molar-refractivity contribution in [3.8, 4) is 5.75 Å². The molecule has 1 N–H and O–H groups in total. The number of hydrogen-bond acceptors (Lipinski definition) is 6. The van der Waals surface area contributed by atoms with E-state index in [1.54, 1.807) is 7.11 Å². The molecule has 2 unspecified atom stereocenters. The summed E-state index contributed by atoms with van der Waals surface area (Å²) in [6.45, 7) is 9.96. The van der Waals surface area contributed by atoms with Crippen LogP contribution in [0.15, 0.2) is 42.6 Å². The fraction of sp³-hybridized carbons (Fsp3) is 0.500. The Morgan fingerprint density at radius 2 is 1.84 bits per heavy atom. The first kappa shape index (κ1) is 21.6. The number of carbonyl (C=O) groups excluding carboxylic acids is 1. The Labute approximate surface area is 185 Å². The summed E-state index contributed by atoms with van der Waals surface area (Å²) in [5, 5.41) is 1.81. The van der Waals surface area contributed by atoms with Gasteiger partial charge in [0.15, 0.2) is 0 Å². The number of methoxy groups -OCH3 is 1. The van der Waals surface area contributed by atoms with Gasteiger partial charge >= 0.3 is 0 Å². The molecule has 166 valence electrons. The molecule has 4 rings (SSSR count). The number of nitrogens with zero attached hydrogens (tertiary/aromatic N) is 4. The zero-order chi connectivity index (χ0) is 21.8. The number of aromatic nitrogens is 1. The van der Waals surface area contributed by atoms with Crippen molar-refractivity contribution in [2.45, 2.75) is 32.2 Å². The molecule has 0 aliphatic carbocycles. The van der Waals surface area contributed by atoms with Gasteiger partial charge in [-0.3, -0.25) is 14.7 Å². The van der Waals surface area contributed by atoms with Crippen LogP contribution in [0.4, 0.5) is 5.82 Å². The van der Waals surface area contributed by atoms with Gasteiger partial charge in [0.2, 0.25) is 5.91 Å². The number of nitrogens with one attached hydrogen (secondary N) is 1. The normalized spacial score (nSPS) is 22.2. The highest BCUT2D eigenvalue weighted by Crippen LogP contribution is 2.28. The van der Waals surface area contributed by atoms with Crippen molar-refractivity contribution in [2.75, 3.05) is 51.3 Å². The Morgan fingerprint density at radius 3 is 2.52 bits per heavy atom. The van der Waals surface area contributed by atoms with Crippen molar-refractivity contribution in [2.24, 2.45) is 0 Å². The first-order valence-electron chi connectivity index (χ1n) is 11.2. The number of anilines is 1. The molecule has 3 heterocycles. The van der Waals surface area contributed by atoms with Gasteiger partial charge in [0, 0.05) is 51.5 Å². The summed E-state index contributed by atoms with van der Waals surface area (Å²) in [5.74, 6) is 1.90. The highest BCUT2D eigenvalue weighted by molar-refractivity contribution is 5.86. The standard InChI is InChI=1S/C24H33N5O2/c1-18-9-10-25-22(17-18)28-15-13-27(14-16-28)11-4-12-29-24(30)23(19(2)26-29)20-5-7-21(31-3)8-6-20/h5-10,17,19,23,26H,4,11-16H2,1-3H3. The lowest BCUT2D eigenvalue weighted by molar-refractivity contribution is -0.130. The molecular weight excluding hydrogens is 390 g/mol. The first-order chi connectivity index (χ1) is 15.0. The summed E-state index contributed by atoms with van der Waals surface area (Å²) in [7, 11) is 1.65. The minimum atomic E-state index is -0.142. The number of piperazine rings is 1. The van der Waals surface area contributed by atoms with E-state index in [1.165, 1.54) is 5.56 Å². The molecule has 2 aliphatic rings.